The van der Waals surface area contributed by atoms with Crippen LogP contribution in [0.25, 0.3) is 0 Å². The predicted molar refractivity (Wildman–Crippen MR) is 82.1 cm³/mol. The maximum atomic E-state index is 11.8. The first-order valence-corrected chi connectivity index (χ1v) is 8.74. The molecule has 2 aliphatic rings. The standard InChI is InChI=1S/C12H15N5O3S2/c1-2-16-12(14-5-15-16)22-4-6-3-21-10-7(13)9(18)17(10)8(6)11(19)20/h5,7,10H,2-4,13H2,1H3,(H,19,20)/t7?,10-/m1/s1. The quantitative estimate of drug-likeness (QED) is 0.567. The van der Waals surface area contributed by atoms with E-state index in [4.69, 9.17) is 5.73 Å². The molecule has 0 radical (unpaired) electrons. The van der Waals surface area contributed by atoms with Crippen molar-refractivity contribution in [2.75, 3.05) is 11.5 Å². The highest BCUT2D eigenvalue weighted by Gasteiger charge is 2.51. The van der Waals surface area contributed by atoms with E-state index in [9.17, 15) is 14.7 Å². The summed E-state index contributed by atoms with van der Waals surface area (Å²) in [7, 11) is 0. The molecule has 1 fully saturated rings. The summed E-state index contributed by atoms with van der Waals surface area (Å²) in [6.45, 7) is 2.66. The van der Waals surface area contributed by atoms with E-state index in [-0.39, 0.29) is 17.0 Å². The van der Waals surface area contributed by atoms with Crippen molar-refractivity contribution in [3.8, 4) is 0 Å². The summed E-state index contributed by atoms with van der Waals surface area (Å²) in [5.41, 5.74) is 6.51. The summed E-state index contributed by atoms with van der Waals surface area (Å²) < 4.78 is 1.75. The van der Waals surface area contributed by atoms with Crippen molar-refractivity contribution >= 4 is 35.4 Å². The molecule has 2 atom stereocenters. The van der Waals surface area contributed by atoms with Crippen LogP contribution >= 0.6 is 23.5 Å². The van der Waals surface area contributed by atoms with E-state index >= 15 is 0 Å². The van der Waals surface area contributed by atoms with Gasteiger partial charge in [-0.1, -0.05) is 11.8 Å². The Balaban J connectivity index is 1.81. The Kier molecular flexibility index (Phi) is 4.15. The van der Waals surface area contributed by atoms with E-state index in [1.165, 1.54) is 34.8 Å². The molecular formula is C12H15N5O3S2. The molecule has 1 saturated heterocycles. The molecular weight excluding hydrogens is 326 g/mol. The number of aryl methyl sites for hydroxylation is 1. The lowest BCUT2D eigenvalue weighted by Gasteiger charge is -2.48. The van der Waals surface area contributed by atoms with Crippen LogP contribution < -0.4 is 5.73 Å². The van der Waals surface area contributed by atoms with Crippen LogP contribution in [-0.4, -0.2) is 59.6 Å². The molecule has 0 spiro atoms. The molecule has 3 N–H and O–H groups in total. The van der Waals surface area contributed by atoms with Crippen LogP contribution in [0.3, 0.4) is 0 Å². The maximum Gasteiger partial charge on any atom is 0.352 e. The number of fused-ring (bicyclic) bond motifs is 1. The fourth-order valence-corrected chi connectivity index (χ4v) is 4.84. The number of nitrogens with zero attached hydrogens (tertiary/aromatic N) is 4. The van der Waals surface area contributed by atoms with Gasteiger partial charge in [0.1, 0.15) is 23.4 Å². The van der Waals surface area contributed by atoms with Gasteiger partial charge in [-0.3, -0.25) is 9.69 Å². The number of hydrogen-bond acceptors (Lipinski definition) is 7. The monoisotopic (exact) mass is 341 g/mol. The van der Waals surface area contributed by atoms with Crippen molar-refractivity contribution in [2.45, 2.75) is 30.0 Å². The Labute approximate surface area is 135 Å². The van der Waals surface area contributed by atoms with Crippen LogP contribution in [0.15, 0.2) is 22.8 Å². The second kappa shape index (κ2) is 5.94. The van der Waals surface area contributed by atoms with E-state index in [1.54, 1.807) is 4.68 Å². The predicted octanol–water partition coefficient (Wildman–Crippen LogP) is -0.0288. The second-order valence-corrected chi connectivity index (χ2v) is 6.89. The summed E-state index contributed by atoms with van der Waals surface area (Å²) in [4.78, 5) is 28.9. The zero-order valence-electron chi connectivity index (χ0n) is 11.8. The van der Waals surface area contributed by atoms with Gasteiger partial charge in [-0.2, -0.15) is 5.10 Å². The topological polar surface area (TPSA) is 114 Å². The Bertz CT molecular complexity index is 659. The number of carbonyl (C=O) groups excluding carboxylic acids is 1. The number of aromatic nitrogens is 3. The molecule has 22 heavy (non-hydrogen) atoms. The minimum Gasteiger partial charge on any atom is -0.477 e. The Morgan fingerprint density at radius 3 is 3.09 bits per heavy atom. The molecule has 1 aromatic heterocycles. The number of amides is 1. The fourth-order valence-electron chi connectivity index (χ4n) is 2.42. The number of carbonyl (C=O) groups is 2. The minimum atomic E-state index is -1.09. The molecule has 3 rings (SSSR count). The van der Waals surface area contributed by atoms with E-state index in [1.807, 2.05) is 6.92 Å². The van der Waals surface area contributed by atoms with Crippen LogP contribution in [0.4, 0.5) is 0 Å². The third kappa shape index (κ3) is 2.40. The van der Waals surface area contributed by atoms with Gasteiger partial charge in [-0.05, 0) is 12.5 Å². The number of aliphatic carboxylic acids is 1. The fraction of sp³-hybridized carbons (Fsp3) is 0.500. The van der Waals surface area contributed by atoms with E-state index in [0.717, 1.165) is 5.16 Å². The molecule has 10 heteroatoms. The highest BCUT2D eigenvalue weighted by atomic mass is 32.2. The summed E-state index contributed by atoms with van der Waals surface area (Å²) in [6, 6.07) is -0.600. The number of hydrogen-bond donors (Lipinski definition) is 2. The zero-order valence-corrected chi connectivity index (χ0v) is 13.4. The molecule has 0 aromatic carbocycles. The molecule has 1 amide bonds. The molecule has 8 nitrogen and oxygen atoms in total. The third-order valence-electron chi connectivity index (χ3n) is 3.55. The van der Waals surface area contributed by atoms with Gasteiger partial charge in [0.05, 0.1) is 0 Å². The van der Waals surface area contributed by atoms with Crippen molar-refractivity contribution in [1.29, 1.82) is 0 Å². The van der Waals surface area contributed by atoms with Crippen molar-refractivity contribution in [3.05, 3.63) is 17.6 Å². The zero-order chi connectivity index (χ0) is 15.9. The van der Waals surface area contributed by atoms with Crippen molar-refractivity contribution in [1.82, 2.24) is 19.7 Å². The van der Waals surface area contributed by atoms with Crippen molar-refractivity contribution in [2.24, 2.45) is 5.73 Å². The molecule has 0 saturated carbocycles. The molecule has 2 aliphatic heterocycles. The summed E-state index contributed by atoms with van der Waals surface area (Å²) in [5, 5.41) is 14.0. The Morgan fingerprint density at radius 2 is 2.41 bits per heavy atom. The number of β-lactam (4-membered cyclic amide) rings is 1. The van der Waals surface area contributed by atoms with Gasteiger partial charge in [0, 0.05) is 18.1 Å². The van der Waals surface area contributed by atoms with E-state index in [2.05, 4.69) is 10.1 Å². The molecule has 0 bridgehead atoms. The smallest absolute Gasteiger partial charge is 0.352 e. The SMILES string of the molecule is CCn1ncnc1SCC1=C(C(=O)O)N2C(=O)C(N)[C@H]2SC1. The van der Waals surface area contributed by atoms with Crippen LogP contribution in [-0.2, 0) is 16.1 Å². The van der Waals surface area contributed by atoms with E-state index in [0.29, 0.717) is 23.6 Å². The molecule has 1 aromatic rings. The van der Waals surface area contributed by atoms with Gasteiger partial charge in [0.25, 0.3) is 0 Å². The average molecular weight is 341 g/mol. The number of carboxylic acids is 1. The lowest BCUT2D eigenvalue weighted by atomic mass is 10.0. The molecule has 1 unspecified atom stereocenters. The molecule has 0 aliphatic carbocycles. The number of nitrogens with two attached hydrogens (primary N) is 1. The highest BCUT2D eigenvalue weighted by Crippen LogP contribution is 2.40. The number of thioether (sulfide) groups is 2. The molecule has 3 heterocycles. The summed E-state index contributed by atoms with van der Waals surface area (Å²) in [6.07, 6.45) is 1.47. The van der Waals surface area contributed by atoms with Gasteiger partial charge in [0.2, 0.25) is 5.91 Å². The lowest BCUT2D eigenvalue weighted by molar-refractivity contribution is -0.147. The van der Waals surface area contributed by atoms with Crippen molar-refractivity contribution in [3.63, 3.8) is 0 Å². The van der Waals surface area contributed by atoms with Crippen LogP contribution in [0, 0.1) is 0 Å². The largest absolute Gasteiger partial charge is 0.477 e. The van der Waals surface area contributed by atoms with Gasteiger partial charge in [-0.15, -0.1) is 11.8 Å². The van der Waals surface area contributed by atoms with Gasteiger partial charge in [0.15, 0.2) is 5.16 Å². The van der Waals surface area contributed by atoms with Gasteiger partial charge >= 0.3 is 5.97 Å². The maximum absolute atomic E-state index is 11.8. The van der Waals surface area contributed by atoms with Crippen molar-refractivity contribution < 1.29 is 14.7 Å². The Hall–Kier alpha value is -1.52. The number of carboxylic acid groups (broad SMARTS) is 1. The third-order valence-corrected chi connectivity index (χ3v) is 5.97. The Morgan fingerprint density at radius 1 is 1.64 bits per heavy atom. The van der Waals surface area contributed by atoms with E-state index < -0.39 is 12.0 Å². The summed E-state index contributed by atoms with van der Waals surface area (Å²) >= 11 is 2.92. The first-order chi connectivity index (χ1) is 10.5. The first kappa shape index (κ1) is 15.4. The van der Waals surface area contributed by atoms with Gasteiger partial charge in [-0.25, -0.2) is 14.5 Å². The minimum absolute atomic E-state index is 0.0745. The number of rotatable bonds is 5. The first-order valence-electron chi connectivity index (χ1n) is 6.70. The van der Waals surface area contributed by atoms with Gasteiger partial charge < -0.3 is 10.8 Å². The molecule has 118 valence electrons. The van der Waals surface area contributed by atoms with Crippen LogP contribution in [0.5, 0.6) is 0 Å². The lowest BCUT2D eigenvalue weighted by Crippen LogP contribution is -2.68. The summed E-state index contributed by atoms with van der Waals surface area (Å²) in [5.74, 6) is -0.400. The highest BCUT2D eigenvalue weighted by molar-refractivity contribution is 8.01. The average Bonchev–Trinajstić information content (AvgIpc) is 2.98. The second-order valence-electron chi connectivity index (χ2n) is 4.84. The van der Waals surface area contributed by atoms with Crippen LogP contribution in [0.1, 0.15) is 6.92 Å². The normalized spacial score (nSPS) is 24.3. The van der Waals surface area contributed by atoms with Crippen LogP contribution in [0.2, 0.25) is 0 Å².